The zero-order chi connectivity index (χ0) is 17.3. The van der Waals surface area contributed by atoms with Crippen molar-refractivity contribution in [3.63, 3.8) is 0 Å². The molecule has 1 aliphatic rings. The maximum Gasteiger partial charge on any atom is 0.277 e. The Bertz CT molecular complexity index is 850. The molecule has 2 aromatic heterocycles. The Morgan fingerprint density at radius 1 is 1.20 bits per heavy atom. The van der Waals surface area contributed by atoms with Crippen molar-refractivity contribution in [3.05, 3.63) is 35.5 Å². The highest BCUT2D eigenvalue weighted by molar-refractivity contribution is 7.13. The summed E-state index contributed by atoms with van der Waals surface area (Å²) in [6.45, 7) is 2.62. The molecule has 0 radical (unpaired) electrons. The Hall–Kier alpha value is -2.25. The van der Waals surface area contributed by atoms with Crippen molar-refractivity contribution in [2.75, 3.05) is 6.61 Å². The Kier molecular flexibility index (Phi) is 4.27. The summed E-state index contributed by atoms with van der Waals surface area (Å²) < 4.78 is 10.9. The maximum atomic E-state index is 6.39. The summed E-state index contributed by atoms with van der Waals surface area (Å²) in [5.41, 5.74) is 7.67. The van der Waals surface area contributed by atoms with E-state index in [-0.39, 0.29) is 0 Å². The molecule has 1 saturated carbocycles. The Morgan fingerprint density at radius 2 is 1.96 bits per heavy atom. The third-order valence-electron chi connectivity index (χ3n) is 4.50. The van der Waals surface area contributed by atoms with Crippen LogP contribution in [0.1, 0.15) is 38.4 Å². The van der Waals surface area contributed by atoms with E-state index in [2.05, 4.69) is 15.1 Å². The minimum Gasteiger partial charge on any atom is -0.494 e. The normalized spacial score (nSPS) is 16.2. The summed E-state index contributed by atoms with van der Waals surface area (Å²) in [4.78, 5) is 9.13. The van der Waals surface area contributed by atoms with Crippen molar-refractivity contribution in [2.24, 2.45) is 5.73 Å². The van der Waals surface area contributed by atoms with Crippen molar-refractivity contribution < 1.29 is 9.26 Å². The van der Waals surface area contributed by atoms with Crippen LogP contribution >= 0.6 is 11.3 Å². The molecule has 0 aliphatic heterocycles. The molecule has 0 spiro atoms. The van der Waals surface area contributed by atoms with Crippen molar-refractivity contribution in [1.82, 2.24) is 15.1 Å². The fraction of sp³-hybridized carbons (Fsp3) is 0.389. The second-order valence-corrected chi connectivity index (χ2v) is 7.14. The number of benzene rings is 1. The number of thiazole rings is 1. The van der Waals surface area contributed by atoms with Crippen LogP contribution in [0.5, 0.6) is 5.75 Å². The summed E-state index contributed by atoms with van der Waals surface area (Å²) in [7, 11) is 0. The van der Waals surface area contributed by atoms with E-state index in [1.807, 2.05) is 36.6 Å². The monoisotopic (exact) mass is 356 g/mol. The molecule has 130 valence electrons. The summed E-state index contributed by atoms with van der Waals surface area (Å²) in [6.07, 6.45) is 4.03. The molecule has 25 heavy (non-hydrogen) atoms. The van der Waals surface area contributed by atoms with Crippen LogP contribution in [0.15, 0.2) is 34.2 Å². The highest BCUT2D eigenvalue weighted by Crippen LogP contribution is 2.36. The number of ether oxygens (including phenoxy) is 1. The molecule has 0 atom stereocenters. The molecular weight excluding hydrogens is 336 g/mol. The molecule has 0 saturated heterocycles. The second kappa shape index (κ2) is 6.57. The summed E-state index contributed by atoms with van der Waals surface area (Å²) >= 11 is 1.55. The van der Waals surface area contributed by atoms with Crippen molar-refractivity contribution in [3.8, 4) is 27.9 Å². The number of hydrogen-bond donors (Lipinski definition) is 1. The van der Waals surface area contributed by atoms with Crippen LogP contribution in [0.4, 0.5) is 0 Å². The largest absolute Gasteiger partial charge is 0.494 e. The number of rotatable bonds is 5. The summed E-state index contributed by atoms with van der Waals surface area (Å²) in [5, 5.41) is 6.93. The van der Waals surface area contributed by atoms with Gasteiger partial charge in [0.15, 0.2) is 5.82 Å². The predicted molar refractivity (Wildman–Crippen MR) is 96.3 cm³/mol. The van der Waals surface area contributed by atoms with Gasteiger partial charge in [-0.2, -0.15) is 4.98 Å². The van der Waals surface area contributed by atoms with E-state index >= 15 is 0 Å². The van der Waals surface area contributed by atoms with Crippen molar-refractivity contribution >= 4 is 11.3 Å². The molecule has 7 heteroatoms. The third-order valence-corrected chi connectivity index (χ3v) is 5.39. The molecule has 1 aliphatic carbocycles. The van der Waals surface area contributed by atoms with Crippen LogP contribution in [0.3, 0.4) is 0 Å². The zero-order valence-corrected chi connectivity index (χ0v) is 14.9. The van der Waals surface area contributed by atoms with E-state index in [1.165, 1.54) is 0 Å². The minimum absolute atomic E-state index is 0.431. The van der Waals surface area contributed by atoms with Crippen molar-refractivity contribution in [2.45, 2.75) is 38.1 Å². The van der Waals surface area contributed by atoms with Gasteiger partial charge in [-0.15, -0.1) is 11.3 Å². The Labute approximate surface area is 150 Å². The molecule has 1 fully saturated rings. The topological polar surface area (TPSA) is 87.1 Å². The quantitative estimate of drug-likeness (QED) is 0.744. The van der Waals surface area contributed by atoms with Crippen LogP contribution < -0.4 is 10.5 Å². The van der Waals surface area contributed by atoms with Crippen LogP contribution in [-0.2, 0) is 5.54 Å². The molecule has 2 heterocycles. The second-order valence-electron chi connectivity index (χ2n) is 6.28. The Morgan fingerprint density at radius 3 is 2.68 bits per heavy atom. The van der Waals surface area contributed by atoms with E-state index < -0.39 is 5.54 Å². The van der Waals surface area contributed by atoms with Gasteiger partial charge in [-0.05, 0) is 44.0 Å². The van der Waals surface area contributed by atoms with E-state index in [1.54, 1.807) is 11.3 Å². The van der Waals surface area contributed by atoms with Gasteiger partial charge in [-0.1, -0.05) is 18.0 Å². The number of nitrogens with zero attached hydrogens (tertiary/aromatic N) is 3. The third kappa shape index (κ3) is 3.17. The lowest BCUT2D eigenvalue weighted by atomic mass is 9.99. The Balaban J connectivity index is 1.56. The fourth-order valence-electron chi connectivity index (χ4n) is 3.12. The highest BCUT2D eigenvalue weighted by atomic mass is 32.1. The standard InChI is InChI=1S/C18H20N4O2S/c1-2-23-13-7-5-12(6-8-13)16-20-14(11-25-16)15-21-17(22-24-15)18(19)9-3-4-10-18/h5-8,11H,2-4,9-10,19H2,1H3. The molecular formula is C18H20N4O2S. The summed E-state index contributed by atoms with van der Waals surface area (Å²) in [5.74, 6) is 1.88. The first kappa shape index (κ1) is 16.2. The van der Waals surface area contributed by atoms with Gasteiger partial charge in [0.05, 0.1) is 12.1 Å². The average Bonchev–Trinajstić information content (AvgIpc) is 3.36. The van der Waals surface area contributed by atoms with E-state index in [4.69, 9.17) is 15.0 Å². The highest BCUT2D eigenvalue weighted by Gasteiger charge is 2.36. The summed E-state index contributed by atoms with van der Waals surface area (Å²) in [6, 6.07) is 7.90. The zero-order valence-electron chi connectivity index (χ0n) is 14.1. The number of aromatic nitrogens is 3. The molecule has 6 nitrogen and oxygen atoms in total. The molecule has 0 bridgehead atoms. The molecule has 1 aromatic carbocycles. The first-order chi connectivity index (χ1) is 12.2. The van der Waals surface area contributed by atoms with Gasteiger partial charge in [0, 0.05) is 10.9 Å². The number of hydrogen-bond acceptors (Lipinski definition) is 7. The lowest BCUT2D eigenvalue weighted by Gasteiger charge is -2.17. The molecule has 4 rings (SSSR count). The van der Waals surface area contributed by atoms with Crippen LogP contribution in [0.25, 0.3) is 22.2 Å². The van der Waals surface area contributed by atoms with Crippen LogP contribution in [0.2, 0.25) is 0 Å². The molecule has 3 aromatic rings. The van der Waals surface area contributed by atoms with Crippen LogP contribution in [0, 0.1) is 0 Å². The van der Waals surface area contributed by atoms with E-state index in [0.717, 1.165) is 42.0 Å². The molecule has 0 amide bonds. The van der Waals surface area contributed by atoms with Crippen molar-refractivity contribution in [1.29, 1.82) is 0 Å². The molecule has 2 N–H and O–H groups in total. The van der Waals surface area contributed by atoms with Gasteiger partial charge < -0.3 is 15.0 Å². The number of nitrogens with two attached hydrogens (primary N) is 1. The van der Waals surface area contributed by atoms with Gasteiger partial charge >= 0.3 is 0 Å². The van der Waals surface area contributed by atoms with E-state index in [9.17, 15) is 0 Å². The van der Waals surface area contributed by atoms with Gasteiger partial charge in [-0.25, -0.2) is 4.98 Å². The average molecular weight is 356 g/mol. The lowest BCUT2D eigenvalue weighted by Crippen LogP contribution is -2.34. The van der Waals surface area contributed by atoms with Gasteiger partial charge in [-0.3, -0.25) is 0 Å². The van der Waals surface area contributed by atoms with Gasteiger partial charge in [0.1, 0.15) is 16.5 Å². The van der Waals surface area contributed by atoms with Gasteiger partial charge in [0.2, 0.25) is 0 Å². The van der Waals surface area contributed by atoms with Gasteiger partial charge in [0.25, 0.3) is 5.89 Å². The smallest absolute Gasteiger partial charge is 0.277 e. The first-order valence-corrected chi connectivity index (χ1v) is 9.38. The minimum atomic E-state index is -0.449. The predicted octanol–water partition coefficient (Wildman–Crippen LogP) is 3.99. The molecule has 0 unspecified atom stereocenters. The first-order valence-electron chi connectivity index (χ1n) is 8.50. The van der Waals surface area contributed by atoms with E-state index in [0.29, 0.717) is 24.0 Å². The SMILES string of the molecule is CCOc1ccc(-c2nc(-c3nc(C4(N)CCCC4)no3)cs2)cc1. The maximum absolute atomic E-state index is 6.39. The lowest BCUT2D eigenvalue weighted by molar-refractivity contribution is 0.340. The van der Waals surface area contributed by atoms with Crippen LogP contribution in [-0.4, -0.2) is 21.7 Å². The fourth-order valence-corrected chi connectivity index (χ4v) is 3.92.